The number of carbonyl (C=O) groups is 1. The van der Waals surface area contributed by atoms with E-state index in [4.69, 9.17) is 21.1 Å². The van der Waals surface area contributed by atoms with E-state index in [1.807, 2.05) is 18.2 Å². The first-order chi connectivity index (χ1) is 13.2. The zero-order valence-electron chi connectivity index (χ0n) is 15.8. The van der Waals surface area contributed by atoms with Gasteiger partial charge in [0, 0.05) is 30.2 Å². The van der Waals surface area contributed by atoms with Gasteiger partial charge >= 0.3 is 0 Å². The Kier molecular flexibility index (Phi) is 5.90. The molecule has 0 bridgehead atoms. The molecule has 0 aromatic heterocycles. The van der Waals surface area contributed by atoms with Gasteiger partial charge in [0.25, 0.3) is 0 Å². The molecule has 1 N–H and O–H groups in total. The standard InChI is InChI=1S/C21H29ClN2O3/c22-18-4-5-19-16(13-18)12-17(14-27-19)20(25)23-15-21(6-2-1-3-7-21)24-8-10-26-11-9-24/h4-5,13,17H,1-3,6-12,14-15H2,(H,23,25)/t17-/m0/s1. The summed E-state index contributed by atoms with van der Waals surface area (Å²) in [6.45, 7) is 4.69. The number of fused-ring (bicyclic) bond motifs is 1. The summed E-state index contributed by atoms with van der Waals surface area (Å²) in [5, 5.41) is 3.96. The normalized spacial score (nSPS) is 25.3. The van der Waals surface area contributed by atoms with Gasteiger partial charge in [0.15, 0.2) is 0 Å². The van der Waals surface area contributed by atoms with Crippen LogP contribution in [0.15, 0.2) is 18.2 Å². The molecule has 6 heteroatoms. The molecule has 5 nitrogen and oxygen atoms in total. The van der Waals surface area contributed by atoms with Crippen LogP contribution in [0.5, 0.6) is 5.75 Å². The quantitative estimate of drug-likeness (QED) is 0.855. The highest BCUT2D eigenvalue weighted by Gasteiger charge is 2.39. The van der Waals surface area contributed by atoms with Crippen molar-refractivity contribution >= 4 is 17.5 Å². The number of carbonyl (C=O) groups excluding carboxylic acids is 1. The minimum absolute atomic E-state index is 0.0917. The van der Waals surface area contributed by atoms with Crippen LogP contribution in [0.25, 0.3) is 0 Å². The van der Waals surface area contributed by atoms with Crippen molar-refractivity contribution in [3.8, 4) is 5.75 Å². The topological polar surface area (TPSA) is 50.8 Å². The highest BCUT2D eigenvalue weighted by atomic mass is 35.5. The van der Waals surface area contributed by atoms with Crippen LogP contribution in [-0.4, -0.2) is 55.8 Å². The molecule has 0 unspecified atom stereocenters. The largest absolute Gasteiger partial charge is 0.492 e. The molecular weight excluding hydrogens is 364 g/mol. The molecule has 2 aliphatic heterocycles. The highest BCUT2D eigenvalue weighted by molar-refractivity contribution is 6.30. The monoisotopic (exact) mass is 392 g/mol. The molecule has 0 radical (unpaired) electrons. The van der Waals surface area contributed by atoms with Crippen molar-refractivity contribution in [3.05, 3.63) is 28.8 Å². The fourth-order valence-electron chi connectivity index (χ4n) is 4.78. The van der Waals surface area contributed by atoms with Crippen molar-refractivity contribution < 1.29 is 14.3 Å². The third-order valence-electron chi connectivity index (χ3n) is 6.36. The number of ether oxygens (including phenoxy) is 2. The van der Waals surface area contributed by atoms with Crippen LogP contribution in [0.4, 0.5) is 0 Å². The van der Waals surface area contributed by atoms with Gasteiger partial charge in [-0.05, 0) is 43.0 Å². The Morgan fingerprint density at radius 1 is 1.22 bits per heavy atom. The van der Waals surface area contributed by atoms with Gasteiger partial charge in [-0.3, -0.25) is 9.69 Å². The summed E-state index contributed by atoms with van der Waals surface area (Å²) in [4.78, 5) is 15.5. The number of rotatable bonds is 4. The maximum Gasteiger partial charge on any atom is 0.226 e. The van der Waals surface area contributed by atoms with Crippen molar-refractivity contribution in [1.82, 2.24) is 10.2 Å². The maximum absolute atomic E-state index is 12.9. The number of hydrogen-bond donors (Lipinski definition) is 1. The predicted octanol–water partition coefficient (Wildman–Crippen LogP) is 3.04. The molecule has 0 spiro atoms. The van der Waals surface area contributed by atoms with E-state index in [1.54, 1.807) is 0 Å². The van der Waals surface area contributed by atoms with Gasteiger partial charge in [-0.25, -0.2) is 0 Å². The molecule has 1 saturated carbocycles. The first kappa shape index (κ1) is 19.0. The second kappa shape index (κ2) is 8.38. The number of nitrogens with one attached hydrogen (secondary N) is 1. The van der Waals surface area contributed by atoms with Crippen LogP contribution >= 0.6 is 11.6 Å². The number of hydrogen-bond acceptors (Lipinski definition) is 4. The summed E-state index contributed by atoms with van der Waals surface area (Å²) in [5.74, 6) is 0.792. The molecular formula is C21H29ClN2O3. The van der Waals surface area contributed by atoms with Crippen molar-refractivity contribution in [2.24, 2.45) is 5.92 Å². The molecule has 1 atom stereocenters. The first-order valence-corrected chi connectivity index (χ1v) is 10.6. The number of morpholine rings is 1. The third-order valence-corrected chi connectivity index (χ3v) is 6.59. The third kappa shape index (κ3) is 4.25. The second-order valence-corrected chi connectivity index (χ2v) is 8.50. The number of nitrogens with zero attached hydrogens (tertiary/aromatic N) is 1. The molecule has 1 aromatic carbocycles. The molecule has 148 valence electrons. The van der Waals surface area contributed by atoms with E-state index in [2.05, 4.69) is 10.2 Å². The highest BCUT2D eigenvalue weighted by Crippen LogP contribution is 2.34. The van der Waals surface area contributed by atoms with Gasteiger partial charge in [-0.1, -0.05) is 30.9 Å². The van der Waals surface area contributed by atoms with Gasteiger partial charge < -0.3 is 14.8 Å². The molecule has 3 aliphatic rings. The Morgan fingerprint density at radius 3 is 2.78 bits per heavy atom. The SMILES string of the molecule is O=C(NCC1(N2CCOCC2)CCCCC1)[C@@H]1COc2ccc(Cl)cc2C1. The number of benzene rings is 1. The Morgan fingerprint density at radius 2 is 2.00 bits per heavy atom. The smallest absolute Gasteiger partial charge is 0.226 e. The lowest BCUT2D eigenvalue weighted by Crippen LogP contribution is -2.60. The van der Waals surface area contributed by atoms with Crippen LogP contribution in [0.2, 0.25) is 5.02 Å². The zero-order chi connectivity index (χ0) is 18.7. The molecule has 4 rings (SSSR count). The minimum atomic E-state index is -0.152. The summed E-state index contributed by atoms with van der Waals surface area (Å²) >= 11 is 6.10. The van der Waals surface area contributed by atoms with Gasteiger partial charge in [-0.15, -0.1) is 0 Å². The summed E-state index contributed by atoms with van der Waals surface area (Å²) in [5.41, 5.74) is 1.11. The molecule has 2 fully saturated rings. The predicted molar refractivity (Wildman–Crippen MR) is 105 cm³/mol. The average Bonchev–Trinajstić information content (AvgIpc) is 2.73. The lowest BCUT2D eigenvalue weighted by Gasteiger charge is -2.48. The van der Waals surface area contributed by atoms with E-state index in [9.17, 15) is 4.79 Å². The zero-order valence-corrected chi connectivity index (χ0v) is 16.6. The van der Waals surface area contributed by atoms with E-state index in [1.165, 1.54) is 19.3 Å². The first-order valence-electron chi connectivity index (χ1n) is 10.2. The van der Waals surface area contributed by atoms with Gasteiger partial charge in [0.05, 0.1) is 19.1 Å². The van der Waals surface area contributed by atoms with Crippen molar-refractivity contribution in [3.63, 3.8) is 0 Å². The fraction of sp³-hybridized carbons (Fsp3) is 0.667. The Balaban J connectivity index is 1.39. The lowest BCUT2D eigenvalue weighted by molar-refractivity contribution is -0.127. The van der Waals surface area contributed by atoms with E-state index in [-0.39, 0.29) is 17.4 Å². The number of amides is 1. The minimum Gasteiger partial charge on any atom is -0.492 e. The van der Waals surface area contributed by atoms with Crippen molar-refractivity contribution in [2.45, 2.75) is 44.1 Å². The average molecular weight is 393 g/mol. The molecule has 1 aromatic rings. The summed E-state index contributed by atoms with van der Waals surface area (Å²) in [7, 11) is 0. The molecule has 2 heterocycles. The summed E-state index contributed by atoms with van der Waals surface area (Å²) in [6.07, 6.45) is 6.79. The van der Waals surface area contributed by atoms with Crippen molar-refractivity contribution in [1.29, 1.82) is 0 Å². The molecule has 1 aliphatic carbocycles. The maximum atomic E-state index is 12.9. The van der Waals surface area contributed by atoms with E-state index in [0.29, 0.717) is 18.1 Å². The Bertz CT molecular complexity index is 669. The van der Waals surface area contributed by atoms with Gasteiger partial charge in [0.1, 0.15) is 12.4 Å². The van der Waals surface area contributed by atoms with Crippen LogP contribution in [0, 0.1) is 5.92 Å². The summed E-state index contributed by atoms with van der Waals surface area (Å²) in [6, 6.07) is 5.63. The molecule has 1 amide bonds. The Labute approximate surface area is 166 Å². The fourth-order valence-corrected chi connectivity index (χ4v) is 4.97. The van der Waals surface area contributed by atoms with Crippen LogP contribution in [0.3, 0.4) is 0 Å². The van der Waals surface area contributed by atoms with Crippen LogP contribution < -0.4 is 10.1 Å². The summed E-state index contributed by atoms with van der Waals surface area (Å²) < 4.78 is 11.3. The van der Waals surface area contributed by atoms with Crippen LogP contribution in [-0.2, 0) is 16.0 Å². The Hall–Kier alpha value is -1.30. The second-order valence-electron chi connectivity index (χ2n) is 8.07. The van der Waals surface area contributed by atoms with Crippen LogP contribution in [0.1, 0.15) is 37.7 Å². The van der Waals surface area contributed by atoms with Gasteiger partial charge in [-0.2, -0.15) is 0 Å². The van der Waals surface area contributed by atoms with E-state index < -0.39 is 0 Å². The van der Waals surface area contributed by atoms with Gasteiger partial charge in [0.2, 0.25) is 5.91 Å². The lowest BCUT2D eigenvalue weighted by atomic mass is 9.79. The van der Waals surface area contributed by atoms with E-state index >= 15 is 0 Å². The van der Waals surface area contributed by atoms with Crippen molar-refractivity contribution in [2.75, 3.05) is 39.5 Å². The van der Waals surface area contributed by atoms with E-state index in [0.717, 1.165) is 57.0 Å². The number of halogens is 1. The molecule has 1 saturated heterocycles. The molecule has 27 heavy (non-hydrogen) atoms.